The van der Waals surface area contributed by atoms with Crippen LogP contribution < -0.4 is 0 Å². The number of nitrogens with zero attached hydrogens (tertiary/aromatic N) is 3. The molecule has 0 saturated heterocycles. The van der Waals surface area contributed by atoms with E-state index in [9.17, 15) is 0 Å². The van der Waals surface area contributed by atoms with Crippen LogP contribution >= 0.6 is 0 Å². The second-order valence-corrected chi connectivity index (χ2v) is 3.43. The molecule has 0 bridgehead atoms. The summed E-state index contributed by atoms with van der Waals surface area (Å²) in [6.07, 6.45) is 7.18. The molecule has 0 unspecified atom stereocenters. The molecule has 1 N–H and O–H groups in total. The summed E-state index contributed by atoms with van der Waals surface area (Å²) < 4.78 is 1.84. The minimum absolute atomic E-state index is 0.992. The van der Waals surface area contributed by atoms with Crippen LogP contribution in [-0.2, 0) is 0 Å². The fourth-order valence-electron chi connectivity index (χ4n) is 1.72. The van der Waals surface area contributed by atoms with Gasteiger partial charge in [-0.15, -0.1) is 0 Å². The molecule has 3 rings (SSSR count). The molecule has 0 aliphatic heterocycles. The summed E-state index contributed by atoms with van der Waals surface area (Å²) in [5, 5.41) is 4.24. The zero-order valence-electron chi connectivity index (χ0n) is 8.54. The van der Waals surface area contributed by atoms with Crippen LogP contribution in [0, 0.1) is 0 Å². The van der Waals surface area contributed by atoms with Crippen molar-refractivity contribution >= 4 is 0 Å². The van der Waals surface area contributed by atoms with Gasteiger partial charge in [0.1, 0.15) is 0 Å². The molecule has 2 aromatic heterocycles. The minimum Gasteiger partial charge on any atom is -0.345 e. The smallest absolute Gasteiger partial charge is 0.0924 e. The summed E-state index contributed by atoms with van der Waals surface area (Å²) >= 11 is 0. The van der Waals surface area contributed by atoms with E-state index in [1.54, 1.807) is 12.5 Å². The first-order chi connectivity index (χ1) is 7.95. The van der Waals surface area contributed by atoms with Crippen molar-refractivity contribution in [3.63, 3.8) is 0 Å². The van der Waals surface area contributed by atoms with Gasteiger partial charge in [-0.2, -0.15) is 5.10 Å². The monoisotopic (exact) mass is 210 g/mol. The zero-order valence-corrected chi connectivity index (χ0v) is 8.54. The Balaban J connectivity index is 2.19. The van der Waals surface area contributed by atoms with Crippen LogP contribution in [0.5, 0.6) is 0 Å². The lowest BCUT2D eigenvalue weighted by Crippen LogP contribution is -1.96. The Morgan fingerprint density at radius 3 is 2.81 bits per heavy atom. The van der Waals surface area contributed by atoms with Gasteiger partial charge in [-0.3, -0.25) is 0 Å². The first-order valence-electron chi connectivity index (χ1n) is 5.03. The summed E-state index contributed by atoms with van der Waals surface area (Å²) in [5.74, 6) is 0. The highest BCUT2D eigenvalue weighted by Gasteiger charge is 2.06. The van der Waals surface area contributed by atoms with Gasteiger partial charge >= 0.3 is 0 Å². The molecule has 0 saturated carbocycles. The second-order valence-electron chi connectivity index (χ2n) is 3.43. The quantitative estimate of drug-likeness (QED) is 0.705. The van der Waals surface area contributed by atoms with Gasteiger partial charge in [-0.1, -0.05) is 18.2 Å². The second kappa shape index (κ2) is 3.66. The van der Waals surface area contributed by atoms with Crippen molar-refractivity contribution in [3.05, 3.63) is 55.2 Å². The maximum Gasteiger partial charge on any atom is 0.0924 e. The van der Waals surface area contributed by atoms with Gasteiger partial charge in [0.05, 0.1) is 23.9 Å². The molecule has 0 aliphatic rings. The highest BCUT2D eigenvalue weighted by molar-refractivity contribution is 5.69. The molecule has 0 amide bonds. The molecule has 4 heteroatoms. The Hall–Kier alpha value is -2.36. The van der Waals surface area contributed by atoms with Crippen molar-refractivity contribution in [1.29, 1.82) is 0 Å². The number of aromatic amines is 1. The fraction of sp³-hybridized carbons (Fsp3) is 0. The van der Waals surface area contributed by atoms with Crippen LogP contribution in [0.25, 0.3) is 16.9 Å². The number of imidazole rings is 1. The van der Waals surface area contributed by atoms with E-state index in [1.165, 1.54) is 0 Å². The maximum atomic E-state index is 4.24. The number of H-pyrrole nitrogens is 1. The number of hydrogen-bond donors (Lipinski definition) is 1. The van der Waals surface area contributed by atoms with E-state index < -0.39 is 0 Å². The van der Waals surface area contributed by atoms with Gasteiger partial charge < -0.3 is 4.98 Å². The summed E-state index contributed by atoms with van der Waals surface area (Å²) in [6.45, 7) is 0. The Kier molecular flexibility index (Phi) is 2.04. The van der Waals surface area contributed by atoms with Crippen molar-refractivity contribution in [2.45, 2.75) is 0 Å². The van der Waals surface area contributed by atoms with Crippen molar-refractivity contribution in [1.82, 2.24) is 19.7 Å². The maximum absolute atomic E-state index is 4.24. The zero-order chi connectivity index (χ0) is 10.8. The highest BCUT2D eigenvalue weighted by atomic mass is 15.3. The van der Waals surface area contributed by atoms with Gasteiger partial charge in [-0.25, -0.2) is 9.67 Å². The molecule has 0 atom stereocenters. The molecule has 0 spiro atoms. The van der Waals surface area contributed by atoms with E-state index in [4.69, 9.17) is 0 Å². The lowest BCUT2D eigenvalue weighted by Gasteiger charge is -2.07. The summed E-state index contributed by atoms with van der Waals surface area (Å²) in [5.41, 5.74) is 3.12. The predicted octanol–water partition coefficient (Wildman–Crippen LogP) is 2.26. The lowest BCUT2D eigenvalue weighted by molar-refractivity contribution is 0.881. The standard InChI is InChI=1S/C12H10N4/c1-2-5-12(16-7-3-6-15-16)10(4-1)11-8-13-9-14-11/h1-9H,(H,13,14). The van der Waals surface area contributed by atoms with Crippen molar-refractivity contribution in [2.75, 3.05) is 0 Å². The van der Waals surface area contributed by atoms with Crippen molar-refractivity contribution in [2.24, 2.45) is 0 Å². The number of para-hydroxylation sites is 1. The molecule has 4 nitrogen and oxygen atoms in total. The average molecular weight is 210 g/mol. The van der Waals surface area contributed by atoms with Gasteiger partial charge in [0.15, 0.2) is 0 Å². The van der Waals surface area contributed by atoms with Gasteiger partial charge in [0, 0.05) is 18.0 Å². The third-order valence-corrected chi connectivity index (χ3v) is 2.44. The number of nitrogens with one attached hydrogen (secondary N) is 1. The van der Waals surface area contributed by atoms with E-state index in [0.29, 0.717) is 0 Å². The van der Waals surface area contributed by atoms with Crippen LogP contribution in [0.1, 0.15) is 0 Å². The Bertz CT molecular complexity index is 514. The molecular weight excluding hydrogens is 200 g/mol. The van der Waals surface area contributed by atoms with Crippen LogP contribution in [0.15, 0.2) is 55.2 Å². The normalized spacial score (nSPS) is 10.5. The molecular formula is C12H10N4. The molecule has 0 aliphatic carbocycles. The number of aromatic nitrogens is 4. The van der Waals surface area contributed by atoms with E-state index in [0.717, 1.165) is 16.9 Å². The van der Waals surface area contributed by atoms with Crippen LogP contribution in [-0.4, -0.2) is 19.7 Å². The Morgan fingerprint density at radius 1 is 1.12 bits per heavy atom. The van der Waals surface area contributed by atoms with Gasteiger partial charge in [0.2, 0.25) is 0 Å². The Labute approximate surface area is 92.6 Å². The SMILES string of the molecule is c1ccc(-n2cccn2)c(-c2cnc[nH]2)c1. The van der Waals surface area contributed by atoms with Crippen LogP contribution in [0.2, 0.25) is 0 Å². The lowest BCUT2D eigenvalue weighted by atomic mass is 10.1. The number of rotatable bonds is 2. The molecule has 0 fully saturated rings. The first-order valence-corrected chi connectivity index (χ1v) is 5.03. The third kappa shape index (κ3) is 1.40. The van der Waals surface area contributed by atoms with Gasteiger partial charge in [0.25, 0.3) is 0 Å². The molecule has 1 aromatic carbocycles. The summed E-state index contributed by atoms with van der Waals surface area (Å²) in [7, 11) is 0. The molecule has 2 heterocycles. The Morgan fingerprint density at radius 2 is 2.06 bits per heavy atom. The molecule has 16 heavy (non-hydrogen) atoms. The summed E-state index contributed by atoms with van der Waals surface area (Å²) in [4.78, 5) is 7.14. The van der Waals surface area contributed by atoms with E-state index in [-0.39, 0.29) is 0 Å². The summed E-state index contributed by atoms with van der Waals surface area (Å²) in [6, 6.07) is 9.98. The first kappa shape index (κ1) is 8.91. The van der Waals surface area contributed by atoms with Crippen LogP contribution in [0.4, 0.5) is 0 Å². The van der Waals surface area contributed by atoms with E-state index >= 15 is 0 Å². The van der Waals surface area contributed by atoms with E-state index in [1.807, 2.05) is 47.4 Å². The fourth-order valence-corrected chi connectivity index (χ4v) is 1.72. The van der Waals surface area contributed by atoms with Crippen LogP contribution in [0.3, 0.4) is 0 Å². The van der Waals surface area contributed by atoms with Gasteiger partial charge in [-0.05, 0) is 12.1 Å². The third-order valence-electron chi connectivity index (χ3n) is 2.44. The van der Waals surface area contributed by atoms with Crippen molar-refractivity contribution < 1.29 is 0 Å². The van der Waals surface area contributed by atoms with Crippen molar-refractivity contribution in [3.8, 4) is 16.9 Å². The molecule has 0 radical (unpaired) electrons. The largest absolute Gasteiger partial charge is 0.345 e. The minimum atomic E-state index is 0.992. The highest BCUT2D eigenvalue weighted by Crippen LogP contribution is 2.23. The van der Waals surface area contributed by atoms with E-state index in [2.05, 4.69) is 15.1 Å². The molecule has 3 aromatic rings. The number of benzene rings is 1. The topological polar surface area (TPSA) is 46.5 Å². The average Bonchev–Trinajstić information content (AvgIpc) is 3.03. The number of hydrogen-bond acceptors (Lipinski definition) is 2. The molecule has 78 valence electrons. The predicted molar refractivity (Wildman–Crippen MR) is 61.1 cm³/mol.